The molecule has 5 heteroatoms. The van der Waals surface area contributed by atoms with Gasteiger partial charge in [0.05, 0.1) is 20.1 Å². The summed E-state index contributed by atoms with van der Waals surface area (Å²) in [5.41, 5.74) is 5.30. The molecule has 0 saturated carbocycles. The third kappa shape index (κ3) is 1.73. The van der Waals surface area contributed by atoms with Crippen molar-refractivity contribution in [3.8, 4) is 0 Å². The fourth-order valence-corrected chi connectivity index (χ4v) is 1.53. The van der Waals surface area contributed by atoms with Crippen molar-refractivity contribution in [3.63, 3.8) is 0 Å². The minimum atomic E-state index is -0.572. The van der Waals surface area contributed by atoms with E-state index in [0.29, 0.717) is 9.50 Å². The summed E-state index contributed by atoms with van der Waals surface area (Å²) in [4.78, 5) is 10.8. The van der Waals surface area contributed by atoms with Gasteiger partial charge in [-0.3, -0.25) is 4.79 Å². The summed E-state index contributed by atoms with van der Waals surface area (Å²) in [6.45, 7) is 0. The molecule has 1 rings (SSSR count). The highest BCUT2D eigenvalue weighted by molar-refractivity contribution is 9.10. The predicted octanol–water partition coefficient (Wildman–Crippen LogP) is 2.85. The van der Waals surface area contributed by atoms with E-state index < -0.39 is 5.91 Å². The van der Waals surface area contributed by atoms with E-state index in [-0.39, 0.29) is 10.6 Å². The number of benzene rings is 1. The summed E-state index contributed by atoms with van der Waals surface area (Å²) in [5.74, 6) is -0.572. The molecule has 1 amide bonds. The summed E-state index contributed by atoms with van der Waals surface area (Å²) >= 11 is 14.6. The van der Waals surface area contributed by atoms with Gasteiger partial charge in [-0.25, -0.2) is 0 Å². The van der Waals surface area contributed by atoms with E-state index in [9.17, 15) is 4.79 Å². The van der Waals surface area contributed by atoms with Crippen molar-refractivity contribution in [1.82, 2.24) is 0 Å². The number of carbonyl (C=O) groups is 1. The molecule has 0 bridgehead atoms. The van der Waals surface area contributed by atoms with Crippen LogP contribution >= 0.6 is 39.1 Å². The number of nitrogens with two attached hydrogens (primary N) is 1. The monoisotopic (exact) mass is 267 g/mol. The second-order valence-corrected chi connectivity index (χ2v) is 3.67. The quantitative estimate of drug-likeness (QED) is 0.782. The molecule has 0 heterocycles. The number of amides is 1. The number of rotatable bonds is 1. The highest BCUT2D eigenvalue weighted by Gasteiger charge is 2.11. The molecule has 12 heavy (non-hydrogen) atoms. The van der Waals surface area contributed by atoms with Crippen LogP contribution in [0.4, 0.5) is 0 Å². The molecule has 2 nitrogen and oxygen atoms in total. The van der Waals surface area contributed by atoms with Gasteiger partial charge in [0.1, 0.15) is 0 Å². The van der Waals surface area contributed by atoms with Crippen molar-refractivity contribution in [3.05, 3.63) is 32.2 Å². The Bertz CT molecular complexity index is 340. The fraction of sp³-hybridized carbons (Fsp3) is 0. The van der Waals surface area contributed by atoms with Crippen LogP contribution in [0.15, 0.2) is 16.6 Å². The third-order valence-electron chi connectivity index (χ3n) is 1.30. The average Bonchev–Trinajstić information content (AvgIpc) is 2.00. The first-order valence-corrected chi connectivity index (χ1v) is 4.52. The summed E-state index contributed by atoms with van der Waals surface area (Å²) in [5, 5.41) is 0.694. The number of primary amides is 1. The highest BCUT2D eigenvalue weighted by Crippen LogP contribution is 2.32. The van der Waals surface area contributed by atoms with E-state index in [4.69, 9.17) is 28.9 Å². The van der Waals surface area contributed by atoms with Crippen LogP contribution in [0.1, 0.15) is 10.4 Å². The minimum absolute atomic E-state index is 0.245. The van der Waals surface area contributed by atoms with Crippen molar-refractivity contribution in [1.29, 1.82) is 0 Å². The highest BCUT2D eigenvalue weighted by atomic mass is 79.9. The number of hydrogen-bond acceptors (Lipinski definition) is 1. The molecule has 0 atom stereocenters. The fourth-order valence-electron chi connectivity index (χ4n) is 0.716. The van der Waals surface area contributed by atoms with Crippen LogP contribution in [0.3, 0.4) is 0 Å². The summed E-state index contributed by atoms with van der Waals surface area (Å²) in [6.07, 6.45) is 0. The zero-order valence-corrected chi connectivity index (χ0v) is 8.87. The second kappa shape index (κ2) is 3.64. The molecule has 0 fully saturated rings. The zero-order chi connectivity index (χ0) is 9.30. The Balaban J connectivity index is 3.36. The molecule has 0 radical (unpaired) electrons. The summed E-state index contributed by atoms with van der Waals surface area (Å²) in [7, 11) is 0. The molecule has 1 aromatic carbocycles. The first-order chi connectivity index (χ1) is 5.54. The predicted molar refractivity (Wildman–Crippen MR) is 52.7 cm³/mol. The molecular formula is C7H4BrCl2NO. The van der Waals surface area contributed by atoms with Gasteiger partial charge >= 0.3 is 0 Å². The molecule has 64 valence electrons. The minimum Gasteiger partial charge on any atom is -0.366 e. The topological polar surface area (TPSA) is 43.1 Å². The van der Waals surface area contributed by atoms with Crippen molar-refractivity contribution in [2.75, 3.05) is 0 Å². The lowest BCUT2D eigenvalue weighted by atomic mass is 10.2. The maximum atomic E-state index is 10.8. The lowest BCUT2D eigenvalue weighted by molar-refractivity contribution is 0.100. The van der Waals surface area contributed by atoms with Crippen LogP contribution in [0, 0.1) is 0 Å². The van der Waals surface area contributed by atoms with Crippen molar-refractivity contribution in [2.45, 2.75) is 0 Å². The van der Waals surface area contributed by atoms with Gasteiger partial charge in [-0.15, -0.1) is 0 Å². The Hall–Kier alpha value is -0.250. The molecule has 0 spiro atoms. The number of halogens is 3. The first-order valence-electron chi connectivity index (χ1n) is 2.97. The largest absolute Gasteiger partial charge is 0.366 e. The van der Waals surface area contributed by atoms with Crippen LogP contribution in [-0.2, 0) is 0 Å². The maximum absolute atomic E-state index is 10.8. The molecule has 0 saturated heterocycles. The van der Waals surface area contributed by atoms with Gasteiger partial charge in [0.15, 0.2) is 0 Å². The Morgan fingerprint density at radius 2 is 2.00 bits per heavy atom. The Labute approximate surface area is 87.8 Å². The van der Waals surface area contributed by atoms with Crippen LogP contribution in [-0.4, -0.2) is 5.91 Å². The first kappa shape index (κ1) is 9.84. The van der Waals surface area contributed by atoms with E-state index in [1.165, 1.54) is 6.07 Å². The molecule has 0 aliphatic carbocycles. The standard InChI is InChI=1S/C7H4BrCl2NO/c8-5-4(9)2-1-3(6(5)10)7(11)12/h1-2H,(H2,11,12). The van der Waals surface area contributed by atoms with E-state index in [1.54, 1.807) is 6.07 Å². The lowest BCUT2D eigenvalue weighted by Gasteiger charge is -2.02. The molecule has 1 aromatic rings. The Morgan fingerprint density at radius 3 is 2.50 bits per heavy atom. The number of hydrogen-bond donors (Lipinski definition) is 1. The van der Waals surface area contributed by atoms with E-state index in [2.05, 4.69) is 15.9 Å². The zero-order valence-electron chi connectivity index (χ0n) is 5.77. The van der Waals surface area contributed by atoms with Crippen molar-refractivity contribution in [2.24, 2.45) is 5.73 Å². The van der Waals surface area contributed by atoms with Crippen LogP contribution in [0.2, 0.25) is 10.0 Å². The normalized spacial score (nSPS) is 9.92. The van der Waals surface area contributed by atoms with Gasteiger partial charge < -0.3 is 5.73 Å². The van der Waals surface area contributed by atoms with Crippen LogP contribution in [0.25, 0.3) is 0 Å². The van der Waals surface area contributed by atoms with Gasteiger partial charge in [0.25, 0.3) is 0 Å². The summed E-state index contributed by atoms with van der Waals surface area (Å²) in [6, 6.07) is 3.04. The van der Waals surface area contributed by atoms with Crippen LogP contribution in [0.5, 0.6) is 0 Å². The van der Waals surface area contributed by atoms with E-state index in [1.807, 2.05) is 0 Å². The number of carbonyl (C=O) groups excluding carboxylic acids is 1. The van der Waals surface area contributed by atoms with Gasteiger partial charge in [-0.2, -0.15) is 0 Å². The molecule has 0 aliphatic rings. The van der Waals surface area contributed by atoms with E-state index >= 15 is 0 Å². The lowest BCUT2D eigenvalue weighted by Crippen LogP contribution is -2.11. The Morgan fingerprint density at radius 1 is 1.42 bits per heavy atom. The van der Waals surface area contributed by atoms with Gasteiger partial charge in [-0.05, 0) is 28.1 Å². The van der Waals surface area contributed by atoms with Gasteiger partial charge in [-0.1, -0.05) is 23.2 Å². The third-order valence-corrected chi connectivity index (χ3v) is 3.29. The molecule has 0 aromatic heterocycles. The SMILES string of the molecule is NC(=O)c1ccc(Cl)c(Br)c1Cl. The van der Waals surface area contributed by atoms with Gasteiger partial charge in [0, 0.05) is 0 Å². The molecule has 0 unspecified atom stereocenters. The Kier molecular flexibility index (Phi) is 2.99. The second-order valence-electron chi connectivity index (χ2n) is 2.09. The van der Waals surface area contributed by atoms with Gasteiger partial charge in [0.2, 0.25) is 5.91 Å². The molecule has 0 aliphatic heterocycles. The van der Waals surface area contributed by atoms with Crippen LogP contribution < -0.4 is 5.73 Å². The average molecular weight is 269 g/mol. The van der Waals surface area contributed by atoms with Crippen molar-refractivity contribution < 1.29 is 4.79 Å². The van der Waals surface area contributed by atoms with E-state index in [0.717, 1.165) is 0 Å². The maximum Gasteiger partial charge on any atom is 0.250 e. The smallest absolute Gasteiger partial charge is 0.250 e. The van der Waals surface area contributed by atoms with Crippen molar-refractivity contribution >= 4 is 45.0 Å². The summed E-state index contributed by atoms with van der Waals surface area (Å²) < 4.78 is 0.488. The molecular weight excluding hydrogens is 265 g/mol. The molecule has 2 N–H and O–H groups in total.